The molecule has 0 radical (unpaired) electrons. The molecule has 2 atom stereocenters. The molecule has 1 aromatic carbocycles. The van der Waals surface area contributed by atoms with Crippen LogP contribution in [0, 0.1) is 5.82 Å². The van der Waals surface area contributed by atoms with Crippen molar-refractivity contribution < 1.29 is 36.6 Å². The molecule has 0 aliphatic carbocycles. The van der Waals surface area contributed by atoms with Crippen LogP contribution in [-0.2, 0) is 10.9 Å². The molecule has 0 unspecified atom stereocenters. The van der Waals surface area contributed by atoms with E-state index < -0.39 is 48.8 Å². The maximum absolute atomic E-state index is 16.0. The molecular formula is C35H49F4N5O4Si. The van der Waals surface area contributed by atoms with Gasteiger partial charge in [-0.1, -0.05) is 25.7 Å². The Kier molecular flexibility index (Phi) is 11.4. The molecule has 1 fully saturated rings. The number of ether oxygens (including phenoxy) is 2. The summed E-state index contributed by atoms with van der Waals surface area (Å²) in [5, 5.41) is 2.66. The van der Waals surface area contributed by atoms with Crippen molar-refractivity contribution in [3.63, 3.8) is 0 Å². The Balaban J connectivity index is 1.72. The van der Waals surface area contributed by atoms with E-state index in [-0.39, 0.29) is 42.4 Å². The van der Waals surface area contributed by atoms with Gasteiger partial charge in [-0.25, -0.2) is 14.2 Å². The normalized spacial score (nSPS) is 19.4. The van der Waals surface area contributed by atoms with Crippen molar-refractivity contribution in [2.24, 2.45) is 0 Å². The summed E-state index contributed by atoms with van der Waals surface area (Å²) in [6.07, 6.45) is -2.28. The van der Waals surface area contributed by atoms with Crippen molar-refractivity contribution in [2.75, 3.05) is 50.1 Å². The maximum Gasteiger partial charge on any atom is 0.417 e. The second-order valence-corrected chi connectivity index (χ2v) is 20.8. The molecule has 49 heavy (non-hydrogen) atoms. The smallest absolute Gasteiger partial charge is 0.417 e. The van der Waals surface area contributed by atoms with E-state index >= 15 is 4.39 Å². The van der Waals surface area contributed by atoms with Crippen LogP contribution in [0.15, 0.2) is 30.5 Å². The van der Waals surface area contributed by atoms with Gasteiger partial charge in [0.25, 0.3) is 5.91 Å². The Morgan fingerprint density at radius 1 is 1.06 bits per heavy atom. The van der Waals surface area contributed by atoms with Crippen molar-refractivity contribution in [2.45, 2.75) is 90.6 Å². The quantitative estimate of drug-likeness (QED) is 0.222. The third kappa shape index (κ3) is 9.96. The molecule has 14 heteroatoms. The van der Waals surface area contributed by atoms with E-state index in [0.717, 1.165) is 18.3 Å². The predicted octanol–water partition coefficient (Wildman–Crippen LogP) is 7.76. The number of benzene rings is 1. The van der Waals surface area contributed by atoms with E-state index in [0.29, 0.717) is 37.3 Å². The molecule has 4 rings (SSSR count). The Morgan fingerprint density at radius 3 is 2.31 bits per heavy atom. The van der Waals surface area contributed by atoms with Crippen molar-refractivity contribution in [1.29, 1.82) is 0 Å². The molecule has 3 heterocycles. The van der Waals surface area contributed by atoms with Gasteiger partial charge in [0.1, 0.15) is 11.4 Å². The van der Waals surface area contributed by atoms with Crippen LogP contribution in [0.5, 0.6) is 5.88 Å². The number of halogens is 4. The lowest BCUT2D eigenvalue weighted by molar-refractivity contribution is -0.138. The second-order valence-electron chi connectivity index (χ2n) is 15.2. The molecule has 1 saturated heterocycles. The van der Waals surface area contributed by atoms with Gasteiger partial charge in [-0.05, 0) is 71.8 Å². The zero-order chi connectivity index (χ0) is 36.5. The number of nitrogens with one attached hydrogen (secondary N) is 1. The van der Waals surface area contributed by atoms with Crippen LogP contribution in [0.3, 0.4) is 0 Å². The summed E-state index contributed by atoms with van der Waals surface area (Å²) >= 11 is 0. The summed E-state index contributed by atoms with van der Waals surface area (Å²) in [6, 6.07) is 4.37. The lowest BCUT2D eigenvalue weighted by Gasteiger charge is -2.44. The summed E-state index contributed by atoms with van der Waals surface area (Å²) in [6.45, 7) is 17.3. The number of hydrogen-bond acceptors (Lipinski definition) is 7. The average Bonchev–Trinajstić information content (AvgIpc) is 2.98. The Morgan fingerprint density at radius 2 is 1.71 bits per heavy atom. The van der Waals surface area contributed by atoms with E-state index in [2.05, 4.69) is 34.8 Å². The molecule has 0 saturated carbocycles. The van der Waals surface area contributed by atoms with Crippen molar-refractivity contribution in [1.82, 2.24) is 14.8 Å². The summed E-state index contributed by atoms with van der Waals surface area (Å²) in [5.41, 5.74) is -1.48. The predicted molar refractivity (Wildman–Crippen MR) is 187 cm³/mol. The van der Waals surface area contributed by atoms with Gasteiger partial charge in [-0.15, -0.1) is 0 Å². The number of likely N-dealkylation sites (N-methyl/N-ethyl adjacent to an activating group) is 1. The van der Waals surface area contributed by atoms with Crippen LogP contribution >= 0.6 is 0 Å². The van der Waals surface area contributed by atoms with E-state index in [9.17, 15) is 22.8 Å². The highest BCUT2D eigenvalue weighted by molar-refractivity contribution is 6.76. The van der Waals surface area contributed by atoms with Gasteiger partial charge in [-0.3, -0.25) is 9.69 Å². The number of carbonyl (C=O) groups excluding carboxylic acids is 2. The third-order valence-electron chi connectivity index (χ3n) is 8.71. The minimum atomic E-state index is -4.87. The first-order chi connectivity index (χ1) is 22.6. The standard InChI is InChI=1S/C35H49F4N5O4Si/c1-22-19-44(20-23(2)42(22)6)30-17-28(36)25(24-11-10-12-43(21-24)33(46)48-34(3,4)5)15-29(30)41-32(45)26-18-40-31(16-27(26)35(37,38)39)47-13-14-49(7,8)9/h11,15-18,22-23H,10,12-14,19-21H2,1-9H3,(H,41,45)/t22-,23+. The molecule has 0 bridgehead atoms. The van der Waals surface area contributed by atoms with Gasteiger partial charge in [0.15, 0.2) is 0 Å². The number of aromatic nitrogens is 1. The van der Waals surface area contributed by atoms with Crippen molar-refractivity contribution in [3.8, 4) is 5.88 Å². The van der Waals surface area contributed by atoms with E-state index in [1.165, 1.54) is 17.0 Å². The number of pyridine rings is 1. The largest absolute Gasteiger partial charge is 0.478 e. The number of anilines is 2. The van der Waals surface area contributed by atoms with Crippen molar-refractivity contribution >= 4 is 37.0 Å². The zero-order valence-electron chi connectivity index (χ0n) is 29.9. The monoisotopic (exact) mass is 707 g/mol. The van der Waals surface area contributed by atoms with Gasteiger partial charge < -0.3 is 24.6 Å². The fourth-order valence-electron chi connectivity index (χ4n) is 5.78. The van der Waals surface area contributed by atoms with Crippen LogP contribution in [0.2, 0.25) is 25.7 Å². The number of carbonyl (C=O) groups is 2. The first kappa shape index (κ1) is 38.2. The fraction of sp³-hybridized carbons (Fsp3) is 0.571. The molecular weight excluding hydrogens is 658 g/mol. The van der Waals surface area contributed by atoms with Crippen LogP contribution < -0.4 is 15.0 Å². The number of piperazine rings is 1. The molecule has 0 spiro atoms. The molecule has 1 N–H and O–H groups in total. The van der Waals surface area contributed by atoms with Gasteiger partial charge in [-0.2, -0.15) is 13.2 Å². The minimum absolute atomic E-state index is 0.0580. The number of amides is 2. The Bertz CT molecular complexity index is 1560. The third-order valence-corrected chi connectivity index (χ3v) is 10.4. The van der Waals surface area contributed by atoms with E-state index in [1.54, 1.807) is 20.8 Å². The van der Waals surface area contributed by atoms with Gasteiger partial charge in [0.05, 0.1) is 29.1 Å². The lowest BCUT2D eigenvalue weighted by Crippen LogP contribution is -2.55. The Labute approximate surface area is 287 Å². The van der Waals surface area contributed by atoms with Crippen LogP contribution in [-0.4, -0.2) is 92.4 Å². The topological polar surface area (TPSA) is 87.2 Å². The number of hydrogen-bond donors (Lipinski definition) is 1. The summed E-state index contributed by atoms with van der Waals surface area (Å²) in [4.78, 5) is 36.2. The van der Waals surface area contributed by atoms with Gasteiger partial charge in [0.2, 0.25) is 5.88 Å². The highest BCUT2D eigenvalue weighted by atomic mass is 28.3. The highest BCUT2D eigenvalue weighted by Gasteiger charge is 2.37. The second kappa shape index (κ2) is 14.7. The van der Waals surface area contributed by atoms with Crippen LogP contribution in [0.4, 0.5) is 33.7 Å². The van der Waals surface area contributed by atoms with Gasteiger partial charge in [0, 0.05) is 64.2 Å². The maximum atomic E-state index is 16.0. The van der Waals surface area contributed by atoms with Crippen molar-refractivity contribution in [3.05, 3.63) is 53.0 Å². The number of nitrogens with zero attached hydrogens (tertiary/aromatic N) is 4. The van der Waals surface area contributed by atoms with E-state index in [1.807, 2.05) is 31.9 Å². The highest BCUT2D eigenvalue weighted by Crippen LogP contribution is 2.38. The molecule has 9 nitrogen and oxygen atoms in total. The number of alkyl halides is 3. The molecule has 270 valence electrons. The SMILES string of the molecule is C[C@@H]1CN(c2cc(F)c(C3=CCCN(C(=O)OC(C)(C)C)C3)cc2NC(=O)c2cnc(OCC[Si](C)(C)C)cc2C(F)(F)F)C[C@H](C)N1C. The minimum Gasteiger partial charge on any atom is -0.478 e. The van der Waals surface area contributed by atoms with Crippen LogP contribution in [0.1, 0.15) is 62.5 Å². The summed E-state index contributed by atoms with van der Waals surface area (Å²) in [7, 11) is 0.487. The molecule has 2 aromatic rings. The molecule has 1 aromatic heterocycles. The molecule has 2 amide bonds. The fourth-order valence-corrected chi connectivity index (χ4v) is 6.49. The Hall–Kier alpha value is -3.65. The van der Waals surface area contributed by atoms with Gasteiger partial charge >= 0.3 is 12.3 Å². The molecule has 2 aliphatic heterocycles. The lowest BCUT2D eigenvalue weighted by atomic mass is 9.98. The summed E-state index contributed by atoms with van der Waals surface area (Å²) in [5.74, 6) is -1.84. The number of rotatable bonds is 8. The molecule has 2 aliphatic rings. The first-order valence-electron chi connectivity index (χ1n) is 16.6. The zero-order valence-corrected chi connectivity index (χ0v) is 30.9. The first-order valence-corrected chi connectivity index (χ1v) is 20.3. The summed E-state index contributed by atoms with van der Waals surface area (Å²) < 4.78 is 70.1. The van der Waals surface area contributed by atoms with E-state index in [4.69, 9.17) is 9.47 Å². The average molecular weight is 708 g/mol. The van der Waals surface area contributed by atoms with Crippen LogP contribution in [0.25, 0.3) is 5.57 Å².